The zero-order valence-corrected chi connectivity index (χ0v) is 13.8. The van der Waals surface area contributed by atoms with E-state index in [4.69, 9.17) is 5.73 Å². The third kappa shape index (κ3) is 5.19. The van der Waals surface area contributed by atoms with Crippen LogP contribution in [-0.4, -0.2) is 38.6 Å². The number of hydrogen-bond donors (Lipinski definition) is 2. The lowest BCUT2D eigenvalue weighted by Gasteiger charge is -2.14. The highest BCUT2D eigenvalue weighted by atomic mass is 35.5. The first kappa shape index (κ1) is 20.8. The average Bonchev–Trinajstić information content (AvgIpc) is 2.44. The summed E-state index contributed by atoms with van der Waals surface area (Å²) in [6.45, 7) is 1.36. The molecule has 0 aliphatic carbocycles. The summed E-state index contributed by atoms with van der Waals surface area (Å²) in [5, 5.41) is 1.47. The molecule has 1 rings (SSSR count). The fourth-order valence-electron chi connectivity index (χ4n) is 1.45. The predicted octanol–water partition coefficient (Wildman–Crippen LogP) is 1.61. The molecule has 3 N–H and O–H groups in total. The van der Waals surface area contributed by atoms with Crippen molar-refractivity contribution in [3.63, 3.8) is 0 Å². The second-order valence-electron chi connectivity index (χ2n) is 4.86. The summed E-state index contributed by atoms with van der Waals surface area (Å²) in [4.78, 5) is 11.8. The van der Waals surface area contributed by atoms with Crippen molar-refractivity contribution in [2.45, 2.75) is 29.9 Å². The Balaban J connectivity index is 0.00000441. The maximum atomic E-state index is 12.9. The van der Waals surface area contributed by atoms with Gasteiger partial charge in [-0.1, -0.05) is 0 Å². The number of amides is 1. The van der Waals surface area contributed by atoms with Crippen LogP contribution < -0.4 is 11.1 Å². The SMILES string of the molecule is CC(C)S(=O)(=O)c1ccc(C(=O)NCC(F)(F)CN)cc1.Cl. The number of benzene rings is 1. The molecule has 0 aliphatic rings. The Hall–Kier alpha value is -1.25. The van der Waals surface area contributed by atoms with Gasteiger partial charge in [-0.05, 0) is 38.1 Å². The van der Waals surface area contributed by atoms with Gasteiger partial charge in [-0.15, -0.1) is 12.4 Å². The average molecular weight is 357 g/mol. The minimum atomic E-state index is -3.43. The Morgan fingerprint density at radius 3 is 2.18 bits per heavy atom. The second kappa shape index (κ2) is 7.85. The molecule has 0 atom stereocenters. The lowest BCUT2D eigenvalue weighted by molar-refractivity contribution is 0.0118. The molecule has 0 unspecified atom stereocenters. The van der Waals surface area contributed by atoms with E-state index in [0.717, 1.165) is 0 Å². The molecule has 1 aromatic rings. The standard InChI is InChI=1S/C13H18F2N2O3S.ClH/c1-9(2)21(19,20)11-5-3-10(4-6-11)12(18)17-8-13(14,15)7-16;/h3-6,9H,7-8,16H2,1-2H3,(H,17,18);1H. The fraction of sp³-hybridized carbons (Fsp3) is 0.462. The summed E-state index contributed by atoms with van der Waals surface area (Å²) in [5.41, 5.74) is 4.96. The van der Waals surface area contributed by atoms with Crippen LogP contribution in [0, 0.1) is 0 Å². The lowest BCUT2D eigenvalue weighted by atomic mass is 10.2. The summed E-state index contributed by atoms with van der Waals surface area (Å²) in [6, 6.07) is 5.13. The highest BCUT2D eigenvalue weighted by Gasteiger charge is 2.27. The van der Waals surface area contributed by atoms with Crippen LogP contribution in [0.15, 0.2) is 29.2 Å². The third-order valence-electron chi connectivity index (χ3n) is 2.87. The highest BCUT2D eigenvalue weighted by molar-refractivity contribution is 7.92. The molecule has 0 fully saturated rings. The van der Waals surface area contributed by atoms with Gasteiger partial charge in [0, 0.05) is 5.56 Å². The van der Waals surface area contributed by atoms with Crippen molar-refractivity contribution in [3.05, 3.63) is 29.8 Å². The molecular weight excluding hydrogens is 338 g/mol. The quantitative estimate of drug-likeness (QED) is 0.810. The van der Waals surface area contributed by atoms with E-state index in [2.05, 4.69) is 5.32 Å². The minimum Gasteiger partial charge on any atom is -0.346 e. The van der Waals surface area contributed by atoms with E-state index in [-0.39, 0.29) is 22.9 Å². The normalized spacial score (nSPS) is 11.9. The van der Waals surface area contributed by atoms with Gasteiger partial charge < -0.3 is 11.1 Å². The van der Waals surface area contributed by atoms with E-state index in [9.17, 15) is 22.0 Å². The Morgan fingerprint density at radius 1 is 1.27 bits per heavy atom. The summed E-state index contributed by atoms with van der Waals surface area (Å²) >= 11 is 0. The molecule has 0 aromatic heterocycles. The molecule has 5 nitrogen and oxygen atoms in total. The molecule has 9 heteroatoms. The minimum absolute atomic E-state index is 0. The zero-order valence-electron chi connectivity index (χ0n) is 12.2. The maximum Gasteiger partial charge on any atom is 0.277 e. The maximum absolute atomic E-state index is 12.9. The lowest BCUT2D eigenvalue weighted by Crippen LogP contribution is -2.41. The van der Waals surface area contributed by atoms with Crippen LogP contribution in [0.2, 0.25) is 0 Å². The Kier molecular flexibility index (Phi) is 7.40. The Bertz CT molecular complexity index is 604. The molecule has 22 heavy (non-hydrogen) atoms. The van der Waals surface area contributed by atoms with Crippen molar-refractivity contribution < 1.29 is 22.0 Å². The second-order valence-corrected chi connectivity index (χ2v) is 7.37. The molecule has 1 amide bonds. The van der Waals surface area contributed by atoms with Gasteiger partial charge in [-0.2, -0.15) is 0 Å². The molecule has 0 heterocycles. The zero-order chi connectivity index (χ0) is 16.3. The van der Waals surface area contributed by atoms with Gasteiger partial charge >= 0.3 is 0 Å². The summed E-state index contributed by atoms with van der Waals surface area (Å²) in [7, 11) is -3.43. The van der Waals surface area contributed by atoms with Crippen molar-refractivity contribution in [1.82, 2.24) is 5.32 Å². The number of nitrogens with two attached hydrogens (primary N) is 1. The van der Waals surface area contributed by atoms with Gasteiger partial charge in [0.15, 0.2) is 9.84 Å². The summed E-state index contributed by atoms with van der Waals surface area (Å²) in [5.74, 6) is -3.88. The number of sulfone groups is 1. The predicted molar refractivity (Wildman–Crippen MR) is 82.3 cm³/mol. The van der Waals surface area contributed by atoms with Crippen LogP contribution in [0.25, 0.3) is 0 Å². The molecule has 1 aromatic carbocycles. The highest BCUT2D eigenvalue weighted by Crippen LogP contribution is 2.16. The van der Waals surface area contributed by atoms with Crippen molar-refractivity contribution in [1.29, 1.82) is 0 Å². The van der Waals surface area contributed by atoms with Gasteiger partial charge in [-0.25, -0.2) is 17.2 Å². The fourth-order valence-corrected chi connectivity index (χ4v) is 2.51. The van der Waals surface area contributed by atoms with E-state index in [0.29, 0.717) is 0 Å². The van der Waals surface area contributed by atoms with Crippen LogP contribution in [0.3, 0.4) is 0 Å². The van der Waals surface area contributed by atoms with Crippen LogP contribution in [0.5, 0.6) is 0 Å². The van der Waals surface area contributed by atoms with Crippen molar-refractivity contribution in [2.75, 3.05) is 13.1 Å². The van der Waals surface area contributed by atoms with Crippen LogP contribution in [-0.2, 0) is 9.84 Å². The molecule has 0 saturated heterocycles. The van der Waals surface area contributed by atoms with E-state index in [1.54, 1.807) is 13.8 Å². The number of carbonyl (C=O) groups is 1. The first-order chi connectivity index (χ1) is 9.60. The first-order valence-electron chi connectivity index (χ1n) is 6.30. The van der Waals surface area contributed by atoms with E-state index in [1.165, 1.54) is 24.3 Å². The molecule has 126 valence electrons. The molecular formula is C13H19ClF2N2O3S. The van der Waals surface area contributed by atoms with Crippen LogP contribution in [0.1, 0.15) is 24.2 Å². The van der Waals surface area contributed by atoms with Crippen molar-refractivity contribution in [2.24, 2.45) is 5.73 Å². The molecule has 0 saturated carbocycles. The van der Waals surface area contributed by atoms with Gasteiger partial charge in [0.1, 0.15) is 0 Å². The smallest absolute Gasteiger partial charge is 0.277 e. The summed E-state index contributed by atoms with van der Waals surface area (Å²) in [6.07, 6.45) is 0. The Morgan fingerprint density at radius 2 is 1.77 bits per heavy atom. The Labute approximate surface area is 134 Å². The molecule has 0 aliphatic heterocycles. The third-order valence-corrected chi connectivity index (χ3v) is 5.04. The summed E-state index contributed by atoms with van der Waals surface area (Å²) < 4.78 is 49.6. The van der Waals surface area contributed by atoms with Gasteiger partial charge in [0.05, 0.1) is 23.2 Å². The number of alkyl halides is 2. The number of rotatable bonds is 6. The van der Waals surface area contributed by atoms with E-state index < -0.39 is 40.0 Å². The van der Waals surface area contributed by atoms with Crippen molar-refractivity contribution >= 4 is 28.2 Å². The van der Waals surface area contributed by atoms with Gasteiger partial charge in [0.25, 0.3) is 11.8 Å². The topological polar surface area (TPSA) is 89.3 Å². The molecule has 0 bridgehead atoms. The number of carbonyl (C=O) groups excluding carboxylic acids is 1. The number of nitrogens with one attached hydrogen (secondary N) is 1. The number of halogens is 3. The molecule has 0 spiro atoms. The van der Waals surface area contributed by atoms with Crippen molar-refractivity contribution in [3.8, 4) is 0 Å². The van der Waals surface area contributed by atoms with Crippen LogP contribution >= 0.6 is 12.4 Å². The monoisotopic (exact) mass is 356 g/mol. The van der Waals surface area contributed by atoms with E-state index in [1.807, 2.05) is 0 Å². The van der Waals surface area contributed by atoms with Crippen LogP contribution in [0.4, 0.5) is 8.78 Å². The first-order valence-corrected chi connectivity index (χ1v) is 7.85. The van der Waals surface area contributed by atoms with E-state index >= 15 is 0 Å². The largest absolute Gasteiger partial charge is 0.346 e. The number of hydrogen-bond acceptors (Lipinski definition) is 4. The van der Waals surface area contributed by atoms with Gasteiger partial charge in [-0.3, -0.25) is 4.79 Å². The van der Waals surface area contributed by atoms with Gasteiger partial charge in [0.2, 0.25) is 0 Å². The molecule has 0 radical (unpaired) electrons.